The van der Waals surface area contributed by atoms with Crippen LogP contribution in [0.1, 0.15) is 17.3 Å². The molecule has 6 heteroatoms. The van der Waals surface area contributed by atoms with Crippen molar-refractivity contribution in [1.82, 2.24) is 10.3 Å². The van der Waals surface area contributed by atoms with Crippen molar-refractivity contribution in [3.05, 3.63) is 64.1 Å². The molecule has 0 spiro atoms. The maximum absolute atomic E-state index is 13.9. The molecule has 0 saturated heterocycles. The van der Waals surface area contributed by atoms with Crippen molar-refractivity contribution in [3.63, 3.8) is 0 Å². The van der Waals surface area contributed by atoms with Crippen LogP contribution in [0.2, 0.25) is 0 Å². The molecule has 20 heavy (non-hydrogen) atoms. The van der Waals surface area contributed by atoms with Gasteiger partial charge in [0.05, 0.1) is 5.69 Å². The van der Waals surface area contributed by atoms with Gasteiger partial charge in [-0.3, -0.25) is 15.1 Å². The second-order valence-corrected chi connectivity index (χ2v) is 5.12. The van der Waals surface area contributed by atoms with Gasteiger partial charge in [0.25, 0.3) is 0 Å². The Morgan fingerprint density at radius 1 is 1.40 bits per heavy atom. The summed E-state index contributed by atoms with van der Waals surface area (Å²) in [5, 5.41) is 2.92. The Labute approximate surface area is 124 Å². The Hall–Kier alpha value is -1.79. The van der Waals surface area contributed by atoms with Gasteiger partial charge in [-0.25, -0.2) is 4.39 Å². The first-order valence-corrected chi connectivity index (χ1v) is 6.75. The highest BCUT2D eigenvalue weighted by molar-refractivity contribution is 9.10. The van der Waals surface area contributed by atoms with Crippen LogP contribution in [0.15, 0.2) is 47.1 Å². The normalized spacial score (nSPS) is 12.1. The van der Waals surface area contributed by atoms with E-state index < -0.39 is 17.8 Å². The van der Waals surface area contributed by atoms with E-state index in [4.69, 9.17) is 5.73 Å². The minimum Gasteiger partial charge on any atom is -0.368 e. The second kappa shape index (κ2) is 6.58. The Kier molecular flexibility index (Phi) is 4.81. The molecule has 3 N–H and O–H groups in total. The first-order valence-electron chi connectivity index (χ1n) is 5.95. The number of rotatable bonds is 5. The standard InChI is InChI=1S/C14H13BrFN3O/c15-9-4-5-11(12(16)7-9)13(14(17)20)19-8-10-3-1-2-6-18-10/h1-7,13,19H,8H2,(H2,17,20). The molecule has 1 amide bonds. The van der Waals surface area contributed by atoms with Crippen LogP contribution in [0, 0.1) is 5.82 Å². The van der Waals surface area contributed by atoms with Gasteiger partial charge in [-0.2, -0.15) is 0 Å². The van der Waals surface area contributed by atoms with Crippen molar-refractivity contribution >= 4 is 21.8 Å². The number of hydrogen-bond acceptors (Lipinski definition) is 3. The number of hydrogen-bond donors (Lipinski definition) is 2. The van der Waals surface area contributed by atoms with Crippen LogP contribution in [0.25, 0.3) is 0 Å². The number of nitrogens with one attached hydrogen (secondary N) is 1. The number of carbonyl (C=O) groups excluding carboxylic acids is 1. The predicted octanol–water partition coefficient (Wildman–Crippen LogP) is 2.30. The third kappa shape index (κ3) is 3.61. The van der Waals surface area contributed by atoms with Crippen LogP contribution in [0.4, 0.5) is 4.39 Å². The molecule has 4 nitrogen and oxygen atoms in total. The Bertz CT molecular complexity index is 607. The fourth-order valence-corrected chi connectivity index (χ4v) is 2.14. The number of amides is 1. The highest BCUT2D eigenvalue weighted by atomic mass is 79.9. The molecule has 0 radical (unpaired) electrons. The number of nitrogens with zero attached hydrogens (tertiary/aromatic N) is 1. The number of benzene rings is 1. The fraction of sp³-hybridized carbons (Fsp3) is 0.143. The van der Waals surface area contributed by atoms with E-state index >= 15 is 0 Å². The first kappa shape index (κ1) is 14.6. The van der Waals surface area contributed by atoms with Crippen molar-refractivity contribution < 1.29 is 9.18 Å². The Balaban J connectivity index is 2.17. The van der Waals surface area contributed by atoms with Crippen molar-refractivity contribution in [3.8, 4) is 0 Å². The topological polar surface area (TPSA) is 68.0 Å². The highest BCUT2D eigenvalue weighted by Crippen LogP contribution is 2.21. The van der Waals surface area contributed by atoms with Gasteiger partial charge in [-0.15, -0.1) is 0 Å². The zero-order valence-electron chi connectivity index (χ0n) is 10.5. The molecular weight excluding hydrogens is 325 g/mol. The molecule has 1 atom stereocenters. The average molecular weight is 338 g/mol. The summed E-state index contributed by atoms with van der Waals surface area (Å²) in [6.45, 7) is 0.323. The predicted molar refractivity (Wildman–Crippen MR) is 77.1 cm³/mol. The maximum Gasteiger partial charge on any atom is 0.239 e. The minimum absolute atomic E-state index is 0.219. The summed E-state index contributed by atoms with van der Waals surface area (Å²) in [4.78, 5) is 15.6. The number of pyridine rings is 1. The fourth-order valence-electron chi connectivity index (χ4n) is 1.81. The summed E-state index contributed by atoms with van der Waals surface area (Å²) in [7, 11) is 0. The quantitative estimate of drug-likeness (QED) is 0.879. The number of primary amides is 1. The van der Waals surface area contributed by atoms with E-state index in [1.165, 1.54) is 12.1 Å². The summed E-state index contributed by atoms with van der Waals surface area (Å²) in [5.41, 5.74) is 6.31. The van der Waals surface area contributed by atoms with Crippen molar-refractivity contribution in [2.24, 2.45) is 5.73 Å². The molecule has 0 fully saturated rings. The number of aromatic nitrogens is 1. The van der Waals surface area contributed by atoms with Gasteiger partial charge in [0.1, 0.15) is 11.9 Å². The van der Waals surface area contributed by atoms with Gasteiger partial charge < -0.3 is 5.73 Å². The lowest BCUT2D eigenvalue weighted by Gasteiger charge is -2.16. The largest absolute Gasteiger partial charge is 0.368 e. The summed E-state index contributed by atoms with van der Waals surface area (Å²) in [6.07, 6.45) is 1.65. The van der Waals surface area contributed by atoms with Crippen LogP contribution in [-0.4, -0.2) is 10.9 Å². The zero-order valence-corrected chi connectivity index (χ0v) is 12.1. The SMILES string of the molecule is NC(=O)C(NCc1ccccn1)c1ccc(Br)cc1F. The molecule has 2 rings (SSSR count). The minimum atomic E-state index is -0.898. The van der Waals surface area contributed by atoms with Gasteiger partial charge in [-0.05, 0) is 24.3 Å². The van der Waals surface area contributed by atoms with Gasteiger partial charge in [0.2, 0.25) is 5.91 Å². The smallest absolute Gasteiger partial charge is 0.239 e. The molecule has 0 aliphatic carbocycles. The van der Waals surface area contributed by atoms with E-state index in [0.29, 0.717) is 11.0 Å². The molecule has 1 unspecified atom stereocenters. The molecule has 1 aromatic heterocycles. The molecule has 0 aliphatic rings. The third-order valence-corrected chi connectivity index (χ3v) is 3.26. The van der Waals surface area contributed by atoms with E-state index in [1.54, 1.807) is 18.3 Å². The molecule has 1 aromatic carbocycles. The average Bonchev–Trinajstić information content (AvgIpc) is 2.42. The molecule has 104 valence electrons. The Morgan fingerprint density at radius 3 is 2.80 bits per heavy atom. The molecule has 0 saturated carbocycles. The van der Waals surface area contributed by atoms with Crippen molar-refractivity contribution in [2.45, 2.75) is 12.6 Å². The third-order valence-electron chi connectivity index (χ3n) is 2.77. The van der Waals surface area contributed by atoms with Crippen molar-refractivity contribution in [1.29, 1.82) is 0 Å². The van der Waals surface area contributed by atoms with Gasteiger partial charge in [0, 0.05) is 22.8 Å². The molecule has 0 bridgehead atoms. The first-order chi connectivity index (χ1) is 9.58. The van der Waals surface area contributed by atoms with E-state index in [1.807, 2.05) is 12.1 Å². The lowest BCUT2D eigenvalue weighted by molar-refractivity contribution is -0.120. The number of carbonyl (C=O) groups is 1. The van der Waals surface area contributed by atoms with Gasteiger partial charge in [-0.1, -0.05) is 28.1 Å². The second-order valence-electron chi connectivity index (χ2n) is 4.20. The van der Waals surface area contributed by atoms with E-state index in [2.05, 4.69) is 26.2 Å². The zero-order chi connectivity index (χ0) is 14.5. The van der Waals surface area contributed by atoms with Gasteiger partial charge in [0.15, 0.2) is 0 Å². The van der Waals surface area contributed by atoms with Crippen LogP contribution in [0.5, 0.6) is 0 Å². The van der Waals surface area contributed by atoms with Gasteiger partial charge >= 0.3 is 0 Å². The van der Waals surface area contributed by atoms with E-state index in [-0.39, 0.29) is 5.56 Å². The lowest BCUT2D eigenvalue weighted by atomic mass is 10.1. The molecule has 1 heterocycles. The summed E-state index contributed by atoms with van der Waals surface area (Å²) in [6, 6.07) is 9.03. The molecule has 0 aliphatic heterocycles. The van der Waals surface area contributed by atoms with Crippen LogP contribution in [-0.2, 0) is 11.3 Å². The summed E-state index contributed by atoms with van der Waals surface area (Å²) >= 11 is 3.17. The van der Waals surface area contributed by atoms with Crippen LogP contribution >= 0.6 is 15.9 Å². The number of nitrogens with two attached hydrogens (primary N) is 1. The van der Waals surface area contributed by atoms with Crippen LogP contribution < -0.4 is 11.1 Å². The monoisotopic (exact) mass is 337 g/mol. The van der Waals surface area contributed by atoms with Crippen molar-refractivity contribution in [2.75, 3.05) is 0 Å². The summed E-state index contributed by atoms with van der Waals surface area (Å²) in [5.74, 6) is -1.13. The highest BCUT2D eigenvalue weighted by Gasteiger charge is 2.21. The lowest BCUT2D eigenvalue weighted by Crippen LogP contribution is -2.34. The number of halogens is 2. The van der Waals surface area contributed by atoms with E-state index in [0.717, 1.165) is 5.69 Å². The maximum atomic E-state index is 13.9. The molecular formula is C14H13BrFN3O. The van der Waals surface area contributed by atoms with Crippen LogP contribution in [0.3, 0.4) is 0 Å². The summed E-state index contributed by atoms with van der Waals surface area (Å²) < 4.78 is 14.5. The Morgan fingerprint density at radius 2 is 2.20 bits per heavy atom. The van der Waals surface area contributed by atoms with E-state index in [9.17, 15) is 9.18 Å². The molecule has 2 aromatic rings.